The van der Waals surface area contributed by atoms with Gasteiger partial charge in [0, 0.05) is 5.69 Å². The Hall–Kier alpha value is -2.71. The number of rotatable bonds is 3. The molecule has 2 aromatic rings. The molecule has 0 spiro atoms. The van der Waals surface area contributed by atoms with E-state index in [1.807, 2.05) is 30.3 Å². The average Bonchev–Trinajstić information content (AvgIpc) is 2.74. The number of carbonyl (C=O) groups excluding carboxylic acids is 2. The number of nitrogens with zero attached hydrogens (tertiary/aromatic N) is 1. The molecule has 8 heteroatoms. The largest absolute Gasteiger partial charge is 0.398 e. The Bertz CT molecular complexity index is 922. The minimum Gasteiger partial charge on any atom is -0.398 e. The van der Waals surface area contributed by atoms with Crippen LogP contribution >= 0.6 is 0 Å². The second-order valence-electron chi connectivity index (χ2n) is 5.08. The van der Waals surface area contributed by atoms with Gasteiger partial charge in [0.15, 0.2) is 0 Å². The van der Waals surface area contributed by atoms with Gasteiger partial charge in [0.2, 0.25) is 0 Å². The number of nitrogen functional groups attached to an aromatic ring is 1. The Morgan fingerprint density at radius 2 is 1.65 bits per heavy atom. The average molecular weight is 332 g/mol. The van der Waals surface area contributed by atoms with Gasteiger partial charge < -0.3 is 5.73 Å². The number of hydrogen-bond acceptors (Lipinski definition) is 5. The molecule has 0 aromatic heterocycles. The van der Waals surface area contributed by atoms with E-state index >= 15 is 0 Å². The lowest BCUT2D eigenvalue weighted by Gasteiger charge is -2.09. The molecule has 2 amide bonds. The van der Waals surface area contributed by atoms with Gasteiger partial charge in [-0.3, -0.25) is 14.1 Å². The smallest absolute Gasteiger partial charge is 0.369 e. The van der Waals surface area contributed by atoms with Gasteiger partial charge in [-0.25, -0.2) is 0 Å². The van der Waals surface area contributed by atoms with Crippen LogP contribution in [-0.4, -0.2) is 29.1 Å². The molecule has 0 atom stereocenters. The first kappa shape index (κ1) is 15.2. The van der Waals surface area contributed by atoms with E-state index in [0.717, 1.165) is 5.56 Å². The topological polar surface area (TPSA) is 118 Å². The van der Waals surface area contributed by atoms with E-state index in [9.17, 15) is 18.0 Å². The molecule has 0 saturated carbocycles. The van der Waals surface area contributed by atoms with Gasteiger partial charge in [-0.2, -0.15) is 8.42 Å². The van der Waals surface area contributed by atoms with E-state index in [-0.39, 0.29) is 21.1 Å². The Balaban J connectivity index is 2.08. The van der Waals surface area contributed by atoms with E-state index in [2.05, 4.69) is 0 Å². The summed E-state index contributed by atoms with van der Waals surface area (Å²) in [6.45, 7) is 0. The third-order valence-corrected chi connectivity index (χ3v) is 4.41. The number of amides is 2. The number of imide groups is 1. The molecule has 2 aromatic carbocycles. The summed E-state index contributed by atoms with van der Waals surface area (Å²) in [6, 6.07) is 12.2. The van der Waals surface area contributed by atoms with Gasteiger partial charge in [-0.15, -0.1) is 4.31 Å². The lowest BCUT2D eigenvalue weighted by atomic mass is 9.97. The first-order valence-electron chi connectivity index (χ1n) is 6.62. The molecule has 23 heavy (non-hydrogen) atoms. The predicted octanol–water partition coefficient (Wildman–Crippen LogP) is 1.26. The number of hydrogen-bond donors (Lipinski definition) is 2. The zero-order valence-corrected chi connectivity index (χ0v) is 12.6. The molecule has 7 nitrogen and oxygen atoms in total. The molecule has 0 radical (unpaired) electrons. The van der Waals surface area contributed by atoms with Crippen molar-refractivity contribution in [2.75, 3.05) is 5.73 Å². The maximum absolute atomic E-state index is 12.2. The van der Waals surface area contributed by atoms with E-state index in [1.165, 1.54) is 6.07 Å². The van der Waals surface area contributed by atoms with Crippen LogP contribution in [0.3, 0.4) is 0 Å². The molecular weight excluding hydrogens is 320 g/mol. The third kappa shape index (κ3) is 2.47. The summed E-state index contributed by atoms with van der Waals surface area (Å²) in [7, 11) is -4.98. The van der Waals surface area contributed by atoms with Crippen LogP contribution in [0.25, 0.3) is 0 Å². The van der Waals surface area contributed by atoms with Crippen molar-refractivity contribution in [3.8, 4) is 0 Å². The summed E-state index contributed by atoms with van der Waals surface area (Å²) < 4.78 is 31.3. The fraction of sp³-hybridized carbons (Fsp3) is 0.0667. The quantitative estimate of drug-likeness (QED) is 0.496. The summed E-state index contributed by atoms with van der Waals surface area (Å²) in [5, 5.41) is 0. The number of fused-ring (bicyclic) bond motifs is 1. The second kappa shape index (κ2) is 5.18. The highest BCUT2D eigenvalue weighted by Gasteiger charge is 2.44. The summed E-state index contributed by atoms with van der Waals surface area (Å²) >= 11 is 0. The van der Waals surface area contributed by atoms with E-state index in [4.69, 9.17) is 10.3 Å². The summed E-state index contributed by atoms with van der Waals surface area (Å²) in [5.74, 6) is -2.25. The van der Waals surface area contributed by atoms with Gasteiger partial charge in [0.1, 0.15) is 0 Å². The summed E-state index contributed by atoms with van der Waals surface area (Å²) in [5.41, 5.74) is 7.21. The molecule has 0 aliphatic carbocycles. The van der Waals surface area contributed by atoms with Crippen molar-refractivity contribution in [3.63, 3.8) is 0 Å². The molecule has 3 N–H and O–H groups in total. The third-order valence-electron chi connectivity index (χ3n) is 3.62. The van der Waals surface area contributed by atoms with Gasteiger partial charge in [0.05, 0.1) is 11.1 Å². The highest BCUT2D eigenvalue weighted by Crippen LogP contribution is 2.32. The highest BCUT2D eigenvalue weighted by molar-refractivity contribution is 7.84. The lowest BCUT2D eigenvalue weighted by Crippen LogP contribution is -2.35. The van der Waals surface area contributed by atoms with Crippen LogP contribution in [0.2, 0.25) is 0 Å². The normalized spacial score (nSPS) is 14.2. The fourth-order valence-electron chi connectivity index (χ4n) is 2.55. The zero-order chi connectivity index (χ0) is 16.8. The van der Waals surface area contributed by atoms with Crippen molar-refractivity contribution >= 4 is 27.8 Å². The fourth-order valence-corrected chi connectivity index (χ4v) is 3.16. The Morgan fingerprint density at radius 3 is 2.26 bits per heavy atom. The Kier molecular flexibility index (Phi) is 3.42. The van der Waals surface area contributed by atoms with Crippen molar-refractivity contribution in [2.24, 2.45) is 0 Å². The zero-order valence-electron chi connectivity index (χ0n) is 11.8. The number of carbonyl (C=O) groups is 2. The molecular formula is C15H12N2O5S. The monoisotopic (exact) mass is 332 g/mol. The molecule has 1 heterocycles. The Morgan fingerprint density at radius 1 is 1.00 bits per heavy atom. The molecule has 0 bridgehead atoms. The molecule has 0 saturated heterocycles. The van der Waals surface area contributed by atoms with E-state index < -0.39 is 22.1 Å². The van der Waals surface area contributed by atoms with Gasteiger partial charge >= 0.3 is 10.3 Å². The van der Waals surface area contributed by atoms with Gasteiger partial charge in [-0.05, 0) is 23.6 Å². The molecule has 0 fully saturated rings. The number of benzene rings is 2. The molecule has 1 aliphatic heterocycles. The SMILES string of the molecule is Nc1c(Cc2ccccc2)ccc2c1C(=O)N(S(=O)(=O)O)C2=O. The van der Waals surface area contributed by atoms with Crippen LogP contribution in [-0.2, 0) is 16.7 Å². The maximum atomic E-state index is 12.2. The first-order chi connectivity index (χ1) is 10.8. The number of anilines is 1. The summed E-state index contributed by atoms with van der Waals surface area (Å²) in [4.78, 5) is 24.2. The van der Waals surface area contributed by atoms with Crippen LogP contribution in [0.5, 0.6) is 0 Å². The van der Waals surface area contributed by atoms with Crippen LogP contribution in [0.1, 0.15) is 31.8 Å². The van der Waals surface area contributed by atoms with Crippen molar-refractivity contribution in [1.82, 2.24) is 4.31 Å². The maximum Gasteiger partial charge on any atom is 0.369 e. The minimum atomic E-state index is -4.98. The van der Waals surface area contributed by atoms with Crippen LogP contribution in [0, 0.1) is 0 Å². The molecule has 3 rings (SSSR count). The molecule has 118 valence electrons. The summed E-state index contributed by atoms with van der Waals surface area (Å²) in [6.07, 6.45) is 0.424. The van der Waals surface area contributed by atoms with Crippen LogP contribution in [0.15, 0.2) is 42.5 Å². The van der Waals surface area contributed by atoms with Gasteiger partial charge in [0.25, 0.3) is 11.8 Å². The first-order valence-corrected chi connectivity index (χ1v) is 8.02. The van der Waals surface area contributed by atoms with Crippen molar-refractivity contribution in [3.05, 3.63) is 64.7 Å². The predicted molar refractivity (Wildman–Crippen MR) is 82.2 cm³/mol. The van der Waals surface area contributed by atoms with Crippen molar-refractivity contribution < 1.29 is 22.6 Å². The molecule has 0 unspecified atom stereocenters. The number of nitrogens with two attached hydrogens (primary N) is 1. The highest BCUT2D eigenvalue weighted by atomic mass is 32.2. The molecule has 1 aliphatic rings. The van der Waals surface area contributed by atoms with Crippen LogP contribution in [0.4, 0.5) is 5.69 Å². The Labute approximate surface area is 132 Å². The lowest BCUT2D eigenvalue weighted by molar-refractivity contribution is 0.0755. The van der Waals surface area contributed by atoms with Crippen LogP contribution < -0.4 is 5.73 Å². The van der Waals surface area contributed by atoms with Gasteiger partial charge in [-0.1, -0.05) is 36.4 Å². The second-order valence-corrected chi connectivity index (χ2v) is 6.34. The van der Waals surface area contributed by atoms with E-state index in [1.54, 1.807) is 6.07 Å². The standard InChI is InChI=1S/C15H12N2O5S/c16-13-10(8-9-4-2-1-3-5-9)6-7-11-12(13)15(19)17(14(11)18)23(20,21)22/h1-7H,8,16H2,(H,20,21,22). The minimum absolute atomic E-state index is 0.0378. The van der Waals surface area contributed by atoms with Crippen molar-refractivity contribution in [1.29, 1.82) is 0 Å². The van der Waals surface area contributed by atoms with Crippen molar-refractivity contribution in [2.45, 2.75) is 6.42 Å². The van der Waals surface area contributed by atoms with E-state index in [0.29, 0.717) is 12.0 Å².